The zero-order chi connectivity index (χ0) is 45.5. The topological polar surface area (TPSA) is 211 Å². The number of amides is 4. The third kappa shape index (κ3) is 10.2. The van der Waals surface area contributed by atoms with Crippen molar-refractivity contribution in [3.63, 3.8) is 0 Å². The number of anilines is 2. The average molecular weight is 863 g/mol. The minimum absolute atomic E-state index is 0.109. The number of carbonyl (C=O) groups is 4. The molecule has 18 nitrogen and oxygen atoms in total. The molecular formula is C45H58N12O6. The number of benzene rings is 2. The Labute approximate surface area is 366 Å². The van der Waals surface area contributed by atoms with E-state index in [1.165, 1.54) is 7.11 Å². The van der Waals surface area contributed by atoms with Gasteiger partial charge in [0.1, 0.15) is 33.9 Å². The molecular weight excluding hydrogens is 805 g/mol. The number of allylic oxidation sites excluding steroid dienone is 2. The summed E-state index contributed by atoms with van der Waals surface area (Å²) in [6.45, 7) is 15.9. The van der Waals surface area contributed by atoms with E-state index in [-0.39, 0.29) is 36.4 Å². The number of imidazole rings is 2. The second kappa shape index (κ2) is 19.8. The van der Waals surface area contributed by atoms with Crippen LogP contribution in [-0.4, -0.2) is 94.5 Å². The van der Waals surface area contributed by atoms with Crippen molar-refractivity contribution in [3.8, 4) is 11.5 Å². The van der Waals surface area contributed by atoms with Gasteiger partial charge in [0.25, 0.3) is 11.8 Å². The van der Waals surface area contributed by atoms with E-state index in [0.29, 0.717) is 107 Å². The Morgan fingerprint density at radius 3 is 1.84 bits per heavy atom. The Hall–Kier alpha value is -6.98. The molecule has 0 aliphatic carbocycles. The summed E-state index contributed by atoms with van der Waals surface area (Å²) < 4.78 is 19.1. The highest BCUT2D eigenvalue weighted by Crippen LogP contribution is 2.33. The van der Waals surface area contributed by atoms with Crippen molar-refractivity contribution < 1.29 is 28.7 Å². The highest BCUT2D eigenvalue weighted by Gasteiger charge is 2.23. The first-order valence-corrected chi connectivity index (χ1v) is 21.3. The van der Waals surface area contributed by atoms with Gasteiger partial charge < -0.3 is 29.2 Å². The summed E-state index contributed by atoms with van der Waals surface area (Å²) in [5.41, 5.74) is 11.2. The molecule has 4 heterocycles. The van der Waals surface area contributed by atoms with E-state index in [0.717, 1.165) is 12.0 Å². The number of hydrogen-bond acceptors (Lipinski definition) is 10. The largest absolute Gasteiger partial charge is 0.494 e. The van der Waals surface area contributed by atoms with Crippen molar-refractivity contribution in [2.45, 2.75) is 93.9 Å². The minimum Gasteiger partial charge on any atom is -0.494 e. The molecule has 2 aromatic carbocycles. The van der Waals surface area contributed by atoms with Crippen molar-refractivity contribution in [1.29, 1.82) is 0 Å². The maximum absolute atomic E-state index is 13.8. The van der Waals surface area contributed by atoms with Crippen molar-refractivity contribution in [2.75, 3.05) is 37.9 Å². The Balaban J connectivity index is 1.34. The van der Waals surface area contributed by atoms with Crippen LogP contribution >= 0.6 is 0 Å². The SMILES string of the molecule is CCC(C)CC(=O)N(C)CCCOc1cc(C)cc2nc(NC(=O)c3cc(C)nn3CC)n(C/C=C/Cn3c(NC(=O)c4cc(C)nn4CC)nc4cc(C(N)=O)cc(OC)c43)c12. The number of primary amides is 1. The molecule has 6 aromatic rings. The van der Waals surface area contributed by atoms with Gasteiger partial charge in [-0.15, -0.1) is 0 Å². The van der Waals surface area contributed by atoms with Crippen LogP contribution in [-0.2, 0) is 31.0 Å². The summed E-state index contributed by atoms with van der Waals surface area (Å²) in [6, 6.07) is 10.4. The van der Waals surface area contributed by atoms with Gasteiger partial charge in [-0.2, -0.15) is 10.2 Å². The first kappa shape index (κ1) is 45.5. The molecule has 0 aliphatic rings. The molecule has 334 valence electrons. The number of fused-ring (bicyclic) bond motifs is 2. The monoisotopic (exact) mass is 862 g/mol. The van der Waals surface area contributed by atoms with Gasteiger partial charge in [0.2, 0.25) is 23.7 Å². The summed E-state index contributed by atoms with van der Waals surface area (Å²) in [4.78, 5) is 63.8. The number of nitrogens with zero attached hydrogens (tertiary/aromatic N) is 9. The fourth-order valence-electron chi connectivity index (χ4n) is 7.38. The number of methoxy groups -OCH3 is 1. The maximum atomic E-state index is 13.8. The van der Waals surface area contributed by atoms with Crippen molar-refractivity contribution >= 4 is 57.6 Å². The molecule has 4 N–H and O–H groups in total. The van der Waals surface area contributed by atoms with E-state index < -0.39 is 11.8 Å². The number of aromatic nitrogens is 8. The second-order valence-electron chi connectivity index (χ2n) is 15.7. The third-order valence-corrected chi connectivity index (χ3v) is 10.9. The molecule has 0 aliphatic heterocycles. The van der Waals surface area contributed by atoms with Crippen LogP contribution in [0.4, 0.5) is 11.9 Å². The maximum Gasteiger partial charge on any atom is 0.276 e. The van der Waals surface area contributed by atoms with Crippen LogP contribution in [0.1, 0.15) is 95.2 Å². The molecule has 0 bridgehead atoms. The van der Waals surface area contributed by atoms with E-state index in [9.17, 15) is 19.2 Å². The molecule has 1 unspecified atom stereocenters. The third-order valence-electron chi connectivity index (χ3n) is 10.9. The highest BCUT2D eigenvalue weighted by molar-refractivity contribution is 6.05. The number of carbonyl (C=O) groups excluding carboxylic acids is 4. The number of rotatable bonds is 20. The van der Waals surface area contributed by atoms with Gasteiger partial charge in [0.05, 0.1) is 36.1 Å². The second-order valence-corrected chi connectivity index (χ2v) is 15.7. The minimum atomic E-state index is -0.652. The molecule has 1 atom stereocenters. The van der Waals surface area contributed by atoms with Crippen LogP contribution in [0.3, 0.4) is 0 Å². The van der Waals surface area contributed by atoms with Gasteiger partial charge >= 0.3 is 0 Å². The Morgan fingerprint density at radius 1 is 0.794 bits per heavy atom. The van der Waals surface area contributed by atoms with Gasteiger partial charge in [0, 0.05) is 51.8 Å². The van der Waals surface area contributed by atoms with Crippen molar-refractivity contribution in [2.24, 2.45) is 11.7 Å². The fraction of sp³-hybridized carbons (Fsp3) is 0.422. The zero-order valence-electron chi connectivity index (χ0n) is 37.6. The van der Waals surface area contributed by atoms with Crippen molar-refractivity contribution in [3.05, 3.63) is 82.5 Å². The van der Waals surface area contributed by atoms with Crippen LogP contribution in [0, 0.1) is 26.7 Å². The molecule has 0 saturated carbocycles. The predicted molar refractivity (Wildman–Crippen MR) is 241 cm³/mol. The van der Waals surface area contributed by atoms with Crippen LogP contribution in [0.5, 0.6) is 11.5 Å². The lowest BCUT2D eigenvalue weighted by atomic mass is 10.0. The number of aryl methyl sites for hydroxylation is 5. The van der Waals surface area contributed by atoms with Gasteiger partial charge in [-0.25, -0.2) is 9.97 Å². The molecule has 6 rings (SSSR count). The standard InChI is InChI=1S/C45H58N12O6/c1-10-27(4)22-38(58)53(8)16-15-19-63-37-21-28(5)20-32-40(37)55(44(47-32)49-42(60)34-23-29(6)51-56(34)11-2)18-14-13-17-54-39-33(25-31(41(46)59)26-36(39)62-9)48-45(54)50-43(61)35-24-30(7)52-57(35)12-3/h13-14,20-21,23-27H,10-12,15-19,22H2,1-9H3,(H2,46,59)(H,47,49,60)(H,48,50,61)/b14-13+. The highest BCUT2D eigenvalue weighted by atomic mass is 16.5. The Bertz CT molecular complexity index is 2680. The fourth-order valence-corrected chi connectivity index (χ4v) is 7.38. The van der Waals surface area contributed by atoms with E-state index in [4.69, 9.17) is 25.2 Å². The number of hydrogen-bond donors (Lipinski definition) is 3. The van der Waals surface area contributed by atoms with Gasteiger partial charge in [-0.1, -0.05) is 32.4 Å². The summed E-state index contributed by atoms with van der Waals surface area (Å²) >= 11 is 0. The smallest absolute Gasteiger partial charge is 0.276 e. The van der Waals surface area contributed by atoms with Gasteiger partial charge in [-0.05, 0) is 88.9 Å². The summed E-state index contributed by atoms with van der Waals surface area (Å²) in [5.74, 6) is 0.432. The summed E-state index contributed by atoms with van der Waals surface area (Å²) in [6.07, 6.45) is 5.87. The van der Waals surface area contributed by atoms with E-state index in [1.54, 1.807) is 43.1 Å². The molecule has 0 spiro atoms. The lowest BCUT2D eigenvalue weighted by Crippen LogP contribution is -2.29. The van der Waals surface area contributed by atoms with Crippen LogP contribution in [0.25, 0.3) is 22.1 Å². The first-order chi connectivity index (χ1) is 30.1. The number of nitrogens with one attached hydrogen (secondary N) is 2. The molecule has 63 heavy (non-hydrogen) atoms. The lowest BCUT2D eigenvalue weighted by Gasteiger charge is -2.19. The average Bonchev–Trinajstić information content (AvgIpc) is 4.02. The Kier molecular flexibility index (Phi) is 14.3. The molecule has 0 saturated heterocycles. The quantitative estimate of drug-likeness (QED) is 0.0578. The lowest BCUT2D eigenvalue weighted by molar-refractivity contribution is -0.130. The van der Waals surface area contributed by atoms with Gasteiger partial charge in [0.15, 0.2) is 0 Å². The molecule has 4 amide bonds. The number of nitrogens with two attached hydrogens (primary N) is 1. The van der Waals surface area contributed by atoms with Crippen LogP contribution < -0.4 is 25.8 Å². The molecule has 0 fully saturated rings. The Morgan fingerprint density at radius 2 is 1.33 bits per heavy atom. The van der Waals surface area contributed by atoms with Crippen LogP contribution in [0.2, 0.25) is 0 Å². The molecule has 18 heteroatoms. The van der Waals surface area contributed by atoms with Crippen LogP contribution in [0.15, 0.2) is 48.6 Å². The summed E-state index contributed by atoms with van der Waals surface area (Å²) in [7, 11) is 3.30. The summed E-state index contributed by atoms with van der Waals surface area (Å²) in [5, 5.41) is 14.8. The number of ether oxygens (including phenoxy) is 2. The zero-order valence-corrected chi connectivity index (χ0v) is 37.6. The molecule has 4 aromatic heterocycles. The van der Waals surface area contributed by atoms with E-state index in [2.05, 4.69) is 34.7 Å². The van der Waals surface area contributed by atoms with Crippen molar-refractivity contribution in [1.82, 2.24) is 43.6 Å². The van der Waals surface area contributed by atoms with Gasteiger partial charge in [-0.3, -0.25) is 39.2 Å². The molecule has 0 radical (unpaired) electrons. The predicted octanol–water partition coefficient (Wildman–Crippen LogP) is 6.28. The van der Waals surface area contributed by atoms with E-state index >= 15 is 0 Å². The normalized spacial score (nSPS) is 12.0. The first-order valence-electron chi connectivity index (χ1n) is 21.3. The van der Waals surface area contributed by atoms with E-state index in [1.807, 2.05) is 70.5 Å².